The lowest BCUT2D eigenvalue weighted by Gasteiger charge is -2.37. The molecular formula is C14H25F3N2. The summed E-state index contributed by atoms with van der Waals surface area (Å²) < 4.78 is 37.8. The summed E-state index contributed by atoms with van der Waals surface area (Å²) in [4.78, 5) is 0. The normalized spacial score (nSPS) is 37.3. The van der Waals surface area contributed by atoms with Gasteiger partial charge in [0.1, 0.15) is 0 Å². The summed E-state index contributed by atoms with van der Waals surface area (Å²) in [5.74, 6) is -0.573. The predicted octanol–water partition coefficient (Wildman–Crippen LogP) is 3.21. The van der Waals surface area contributed by atoms with Crippen molar-refractivity contribution in [2.45, 2.75) is 69.6 Å². The van der Waals surface area contributed by atoms with Crippen LogP contribution in [0.2, 0.25) is 0 Å². The van der Waals surface area contributed by atoms with Gasteiger partial charge in [0, 0.05) is 12.1 Å². The van der Waals surface area contributed by atoms with Gasteiger partial charge in [-0.1, -0.05) is 12.8 Å². The maximum atomic E-state index is 12.6. The first-order valence-electron chi connectivity index (χ1n) is 7.53. The SMILES string of the molecule is NCC1CCCCC1NC1CCC(C(F)(F)F)CC1. The molecular weight excluding hydrogens is 253 g/mol. The molecule has 112 valence electrons. The van der Waals surface area contributed by atoms with Gasteiger partial charge in [-0.3, -0.25) is 0 Å². The first-order valence-corrected chi connectivity index (χ1v) is 7.53. The Labute approximate surface area is 113 Å². The summed E-state index contributed by atoms with van der Waals surface area (Å²) in [5.41, 5.74) is 5.79. The minimum atomic E-state index is -4.00. The molecule has 19 heavy (non-hydrogen) atoms. The average Bonchev–Trinajstić information content (AvgIpc) is 2.39. The third-order valence-electron chi connectivity index (χ3n) is 4.85. The molecule has 2 aliphatic rings. The molecule has 2 aliphatic carbocycles. The minimum absolute atomic E-state index is 0.260. The van der Waals surface area contributed by atoms with Gasteiger partial charge in [-0.25, -0.2) is 0 Å². The van der Waals surface area contributed by atoms with Crippen molar-refractivity contribution in [3.8, 4) is 0 Å². The topological polar surface area (TPSA) is 38.0 Å². The first kappa shape index (κ1) is 15.1. The molecule has 0 spiro atoms. The molecule has 0 aliphatic heterocycles. The van der Waals surface area contributed by atoms with E-state index in [4.69, 9.17) is 5.73 Å². The van der Waals surface area contributed by atoms with Crippen molar-refractivity contribution in [1.82, 2.24) is 5.32 Å². The van der Waals surface area contributed by atoms with Crippen LogP contribution in [0.1, 0.15) is 51.4 Å². The standard InChI is InChI=1S/C14H25F3N2/c15-14(16,17)11-5-7-12(8-6-11)19-13-4-2-1-3-10(13)9-18/h10-13,19H,1-9,18H2. The number of nitrogens with one attached hydrogen (secondary N) is 1. The molecule has 0 aromatic heterocycles. The van der Waals surface area contributed by atoms with Gasteiger partial charge in [0.25, 0.3) is 0 Å². The maximum Gasteiger partial charge on any atom is 0.391 e. The third-order valence-corrected chi connectivity index (χ3v) is 4.85. The Hall–Kier alpha value is -0.290. The second-order valence-corrected chi connectivity index (χ2v) is 6.14. The summed E-state index contributed by atoms with van der Waals surface area (Å²) in [6.45, 7) is 0.690. The van der Waals surface area contributed by atoms with Crippen LogP contribution in [0, 0.1) is 11.8 Å². The van der Waals surface area contributed by atoms with Crippen LogP contribution < -0.4 is 11.1 Å². The van der Waals surface area contributed by atoms with Crippen LogP contribution in [0.15, 0.2) is 0 Å². The van der Waals surface area contributed by atoms with E-state index >= 15 is 0 Å². The van der Waals surface area contributed by atoms with Gasteiger partial charge < -0.3 is 11.1 Å². The van der Waals surface area contributed by atoms with E-state index in [1.807, 2.05) is 0 Å². The fourth-order valence-corrected chi connectivity index (χ4v) is 3.60. The quantitative estimate of drug-likeness (QED) is 0.832. The van der Waals surface area contributed by atoms with Gasteiger partial charge in [0.2, 0.25) is 0 Å². The van der Waals surface area contributed by atoms with E-state index in [-0.39, 0.29) is 18.9 Å². The lowest BCUT2D eigenvalue weighted by Crippen LogP contribution is -2.48. The molecule has 0 bridgehead atoms. The van der Waals surface area contributed by atoms with Crippen LogP contribution >= 0.6 is 0 Å². The van der Waals surface area contributed by atoms with Gasteiger partial charge in [0.15, 0.2) is 0 Å². The van der Waals surface area contributed by atoms with Gasteiger partial charge in [-0.2, -0.15) is 13.2 Å². The molecule has 2 unspecified atom stereocenters. The number of hydrogen-bond donors (Lipinski definition) is 2. The molecule has 0 aromatic rings. The second-order valence-electron chi connectivity index (χ2n) is 6.14. The molecule has 2 saturated carbocycles. The molecule has 2 nitrogen and oxygen atoms in total. The first-order chi connectivity index (χ1) is 9.00. The van der Waals surface area contributed by atoms with E-state index in [1.165, 1.54) is 12.8 Å². The molecule has 5 heteroatoms. The zero-order valence-electron chi connectivity index (χ0n) is 11.4. The number of hydrogen-bond acceptors (Lipinski definition) is 2. The molecule has 0 saturated heterocycles. The van der Waals surface area contributed by atoms with Crippen LogP contribution in [0.4, 0.5) is 13.2 Å². The molecule has 2 rings (SSSR count). The van der Waals surface area contributed by atoms with Gasteiger partial charge in [0.05, 0.1) is 5.92 Å². The molecule has 2 fully saturated rings. The number of halogens is 3. The third kappa shape index (κ3) is 4.09. The van der Waals surface area contributed by atoms with Crippen molar-refractivity contribution in [2.24, 2.45) is 17.6 Å². The molecule has 0 amide bonds. The van der Waals surface area contributed by atoms with Gasteiger partial charge in [-0.15, -0.1) is 0 Å². The molecule has 0 aromatic carbocycles. The number of nitrogens with two attached hydrogens (primary N) is 1. The highest BCUT2D eigenvalue weighted by molar-refractivity contribution is 4.87. The minimum Gasteiger partial charge on any atom is -0.330 e. The van der Waals surface area contributed by atoms with Crippen LogP contribution in [0.3, 0.4) is 0 Å². The number of rotatable bonds is 3. The fourth-order valence-electron chi connectivity index (χ4n) is 3.60. The highest BCUT2D eigenvalue weighted by Gasteiger charge is 2.41. The van der Waals surface area contributed by atoms with Crippen molar-refractivity contribution < 1.29 is 13.2 Å². The Morgan fingerprint density at radius 2 is 1.58 bits per heavy atom. The Morgan fingerprint density at radius 3 is 2.16 bits per heavy atom. The van der Waals surface area contributed by atoms with E-state index in [0.717, 1.165) is 12.8 Å². The van der Waals surface area contributed by atoms with Crippen molar-refractivity contribution in [3.05, 3.63) is 0 Å². The summed E-state index contributed by atoms with van der Waals surface area (Å²) in [6, 6.07) is 0.682. The Kier molecular flexibility index (Phi) is 5.12. The summed E-state index contributed by atoms with van der Waals surface area (Å²) in [5, 5.41) is 3.58. The van der Waals surface area contributed by atoms with Crippen LogP contribution in [0.5, 0.6) is 0 Å². The van der Waals surface area contributed by atoms with E-state index < -0.39 is 12.1 Å². The maximum absolute atomic E-state index is 12.6. The zero-order valence-corrected chi connectivity index (χ0v) is 11.4. The van der Waals surface area contributed by atoms with E-state index in [1.54, 1.807) is 0 Å². The van der Waals surface area contributed by atoms with Crippen molar-refractivity contribution in [2.75, 3.05) is 6.54 Å². The van der Waals surface area contributed by atoms with Crippen molar-refractivity contribution >= 4 is 0 Å². The van der Waals surface area contributed by atoms with Crippen molar-refractivity contribution in [1.29, 1.82) is 0 Å². The Morgan fingerprint density at radius 1 is 0.947 bits per heavy atom. The van der Waals surface area contributed by atoms with Gasteiger partial charge in [-0.05, 0) is 51.0 Å². The highest BCUT2D eigenvalue weighted by Crippen LogP contribution is 2.38. The van der Waals surface area contributed by atoms with Crippen LogP contribution in [-0.4, -0.2) is 24.8 Å². The summed E-state index contributed by atoms with van der Waals surface area (Å²) in [6.07, 6.45) is 2.59. The van der Waals surface area contributed by atoms with Crippen LogP contribution in [0.25, 0.3) is 0 Å². The fraction of sp³-hybridized carbons (Fsp3) is 1.00. The molecule has 0 radical (unpaired) electrons. The Balaban J connectivity index is 1.78. The van der Waals surface area contributed by atoms with E-state index in [0.29, 0.717) is 31.3 Å². The smallest absolute Gasteiger partial charge is 0.330 e. The van der Waals surface area contributed by atoms with Crippen molar-refractivity contribution in [3.63, 3.8) is 0 Å². The molecule has 3 N–H and O–H groups in total. The second kappa shape index (κ2) is 6.44. The molecule has 0 heterocycles. The monoisotopic (exact) mass is 278 g/mol. The predicted molar refractivity (Wildman–Crippen MR) is 69.7 cm³/mol. The average molecular weight is 278 g/mol. The zero-order chi connectivity index (χ0) is 13.9. The summed E-state index contributed by atoms with van der Waals surface area (Å²) in [7, 11) is 0. The van der Waals surface area contributed by atoms with Crippen LogP contribution in [-0.2, 0) is 0 Å². The lowest BCUT2D eigenvalue weighted by atomic mass is 9.81. The largest absolute Gasteiger partial charge is 0.391 e. The van der Waals surface area contributed by atoms with E-state index in [9.17, 15) is 13.2 Å². The Bertz CT molecular complexity index is 272. The highest BCUT2D eigenvalue weighted by atomic mass is 19.4. The lowest BCUT2D eigenvalue weighted by molar-refractivity contribution is -0.182. The van der Waals surface area contributed by atoms with E-state index in [2.05, 4.69) is 5.32 Å². The number of alkyl halides is 3. The van der Waals surface area contributed by atoms with Gasteiger partial charge >= 0.3 is 6.18 Å². The molecule has 2 atom stereocenters. The summed E-state index contributed by atoms with van der Waals surface area (Å²) >= 11 is 0.